The maximum absolute atomic E-state index is 12.5. The quantitative estimate of drug-likeness (QED) is 0.731. The van der Waals surface area contributed by atoms with Crippen LogP contribution in [0.5, 0.6) is 0 Å². The Kier molecular flexibility index (Phi) is 2.35. The number of aliphatic hydroxyl groups excluding tert-OH is 1. The van der Waals surface area contributed by atoms with Crippen molar-refractivity contribution in [1.82, 2.24) is 0 Å². The predicted molar refractivity (Wildman–Crippen MR) is 68.2 cm³/mol. The molecular formula is C15H20O4. The second-order valence-corrected chi connectivity index (χ2v) is 6.73. The molecule has 0 aromatic carbocycles. The maximum atomic E-state index is 12.5. The van der Waals surface area contributed by atoms with Crippen LogP contribution < -0.4 is 0 Å². The van der Waals surface area contributed by atoms with Crippen molar-refractivity contribution in [2.24, 2.45) is 16.7 Å². The molecule has 0 aromatic heterocycles. The summed E-state index contributed by atoms with van der Waals surface area (Å²) in [6.45, 7) is 5.36. The summed E-state index contributed by atoms with van der Waals surface area (Å²) in [4.78, 5) is 24.9. The van der Waals surface area contributed by atoms with Gasteiger partial charge in [0.25, 0.3) is 0 Å². The molecule has 0 aromatic rings. The summed E-state index contributed by atoms with van der Waals surface area (Å²) in [6, 6.07) is 0. The lowest BCUT2D eigenvalue weighted by Crippen LogP contribution is -2.71. The first-order valence-electron chi connectivity index (χ1n) is 6.89. The third kappa shape index (κ3) is 1.19. The molecule has 0 spiro atoms. The normalized spacial score (nSPS) is 48.6. The van der Waals surface area contributed by atoms with E-state index in [1.165, 1.54) is 0 Å². The number of hydrogen-bond donors (Lipinski definition) is 1. The monoisotopic (exact) mass is 264 g/mol. The van der Waals surface area contributed by atoms with E-state index in [1.54, 1.807) is 13.0 Å². The molecule has 1 saturated heterocycles. The van der Waals surface area contributed by atoms with Crippen molar-refractivity contribution in [3.63, 3.8) is 0 Å². The van der Waals surface area contributed by atoms with Gasteiger partial charge in [-0.15, -0.1) is 0 Å². The van der Waals surface area contributed by atoms with Gasteiger partial charge >= 0.3 is 5.97 Å². The Bertz CT molecular complexity index is 508. The second kappa shape index (κ2) is 3.48. The van der Waals surface area contributed by atoms with Crippen LogP contribution in [0.2, 0.25) is 0 Å². The first-order valence-corrected chi connectivity index (χ1v) is 6.89. The van der Waals surface area contributed by atoms with Gasteiger partial charge in [-0.2, -0.15) is 0 Å². The summed E-state index contributed by atoms with van der Waals surface area (Å²) in [5, 5.41) is 9.90. The number of carbonyl (C=O) groups is 2. The zero-order chi connectivity index (χ0) is 14.1. The van der Waals surface area contributed by atoms with E-state index in [4.69, 9.17) is 4.74 Å². The van der Waals surface area contributed by atoms with E-state index in [1.807, 2.05) is 13.8 Å². The predicted octanol–water partition coefficient (Wildman–Crippen LogP) is 1.62. The molecule has 4 nitrogen and oxygen atoms in total. The lowest BCUT2D eigenvalue weighted by atomic mass is 9.44. The first-order chi connectivity index (χ1) is 8.82. The Morgan fingerprint density at radius 2 is 2.05 bits per heavy atom. The molecule has 1 N–H and O–H groups in total. The van der Waals surface area contributed by atoms with E-state index in [2.05, 4.69) is 0 Å². The van der Waals surface area contributed by atoms with Crippen LogP contribution in [0.25, 0.3) is 0 Å². The summed E-state index contributed by atoms with van der Waals surface area (Å²) in [7, 11) is 0. The van der Waals surface area contributed by atoms with E-state index in [0.717, 1.165) is 12.8 Å². The largest absolute Gasteiger partial charge is 0.451 e. The number of esters is 1. The van der Waals surface area contributed by atoms with Crippen LogP contribution in [0.1, 0.15) is 40.0 Å². The topological polar surface area (TPSA) is 63.6 Å². The van der Waals surface area contributed by atoms with Gasteiger partial charge in [0.1, 0.15) is 0 Å². The van der Waals surface area contributed by atoms with Gasteiger partial charge in [0, 0.05) is 11.3 Å². The molecule has 1 saturated carbocycles. The Morgan fingerprint density at radius 1 is 1.37 bits per heavy atom. The van der Waals surface area contributed by atoms with E-state index >= 15 is 0 Å². The van der Waals surface area contributed by atoms with E-state index in [9.17, 15) is 14.7 Å². The zero-order valence-electron chi connectivity index (χ0n) is 11.7. The zero-order valence-corrected chi connectivity index (χ0v) is 11.7. The SMILES string of the molecule is CC1=CC(=O)C2C3(C)CCCC2(C)C1(CO)OC3=O. The van der Waals surface area contributed by atoms with Gasteiger partial charge < -0.3 is 9.84 Å². The van der Waals surface area contributed by atoms with Crippen molar-refractivity contribution in [3.8, 4) is 0 Å². The highest BCUT2D eigenvalue weighted by Crippen LogP contribution is 2.65. The van der Waals surface area contributed by atoms with Crippen molar-refractivity contribution in [3.05, 3.63) is 11.6 Å². The molecule has 19 heavy (non-hydrogen) atoms. The first kappa shape index (κ1) is 12.9. The van der Waals surface area contributed by atoms with Gasteiger partial charge in [-0.05, 0) is 38.3 Å². The number of ether oxygens (including phenoxy) is 1. The number of rotatable bonds is 1. The molecule has 3 rings (SSSR count). The summed E-state index contributed by atoms with van der Waals surface area (Å²) < 4.78 is 5.72. The third-order valence-corrected chi connectivity index (χ3v) is 5.83. The second-order valence-electron chi connectivity index (χ2n) is 6.73. The van der Waals surface area contributed by atoms with Crippen LogP contribution in [0.4, 0.5) is 0 Å². The van der Waals surface area contributed by atoms with Crippen molar-refractivity contribution in [1.29, 1.82) is 0 Å². The molecule has 4 heteroatoms. The van der Waals surface area contributed by atoms with Crippen LogP contribution in [0.3, 0.4) is 0 Å². The molecule has 2 fully saturated rings. The smallest absolute Gasteiger partial charge is 0.313 e. The van der Waals surface area contributed by atoms with Crippen LogP contribution in [0.15, 0.2) is 11.6 Å². The maximum Gasteiger partial charge on any atom is 0.313 e. The summed E-state index contributed by atoms with van der Waals surface area (Å²) in [5.41, 5.74) is -1.56. The van der Waals surface area contributed by atoms with Crippen molar-refractivity contribution < 1.29 is 19.4 Å². The molecule has 0 amide bonds. The number of aliphatic hydroxyl groups is 1. The Morgan fingerprint density at radius 3 is 2.68 bits per heavy atom. The number of allylic oxidation sites excluding steroid dienone is 1. The Labute approximate surface area is 112 Å². The molecule has 104 valence electrons. The Balaban J connectivity index is 2.31. The highest BCUT2D eigenvalue weighted by atomic mass is 16.6. The van der Waals surface area contributed by atoms with Crippen LogP contribution >= 0.6 is 0 Å². The molecule has 4 atom stereocenters. The van der Waals surface area contributed by atoms with Gasteiger partial charge in [0.05, 0.1) is 12.0 Å². The average Bonchev–Trinajstić information content (AvgIpc) is 2.32. The minimum atomic E-state index is -1.01. The van der Waals surface area contributed by atoms with Gasteiger partial charge in [0.15, 0.2) is 11.4 Å². The Hall–Kier alpha value is -1.16. The number of ketones is 1. The van der Waals surface area contributed by atoms with Gasteiger partial charge in [0.2, 0.25) is 0 Å². The van der Waals surface area contributed by atoms with E-state index in [0.29, 0.717) is 12.0 Å². The number of hydrogen-bond acceptors (Lipinski definition) is 4. The highest BCUT2D eigenvalue weighted by Gasteiger charge is 2.71. The lowest BCUT2D eigenvalue weighted by Gasteiger charge is -2.63. The van der Waals surface area contributed by atoms with Crippen molar-refractivity contribution in [2.45, 2.75) is 45.6 Å². The number of carbonyl (C=O) groups excluding carboxylic acids is 2. The molecule has 4 unspecified atom stereocenters. The van der Waals surface area contributed by atoms with Crippen LogP contribution in [0, 0.1) is 16.7 Å². The molecule has 4 bridgehead atoms. The summed E-state index contributed by atoms with van der Waals surface area (Å²) in [6.07, 6.45) is 3.95. The average molecular weight is 264 g/mol. The highest BCUT2D eigenvalue weighted by molar-refractivity contribution is 6.00. The fraction of sp³-hybridized carbons (Fsp3) is 0.733. The van der Waals surface area contributed by atoms with Crippen LogP contribution in [-0.2, 0) is 14.3 Å². The summed E-state index contributed by atoms with van der Waals surface area (Å²) in [5.74, 6) is -0.682. The van der Waals surface area contributed by atoms with Crippen molar-refractivity contribution >= 4 is 11.8 Å². The molecule has 0 radical (unpaired) electrons. The molecule has 2 aliphatic carbocycles. The minimum Gasteiger partial charge on any atom is -0.451 e. The van der Waals surface area contributed by atoms with Gasteiger partial charge in [-0.25, -0.2) is 0 Å². The fourth-order valence-corrected chi connectivity index (χ4v) is 4.77. The van der Waals surface area contributed by atoms with Gasteiger partial charge in [-0.3, -0.25) is 9.59 Å². The molecule has 3 aliphatic rings. The van der Waals surface area contributed by atoms with Crippen LogP contribution in [-0.4, -0.2) is 29.1 Å². The van der Waals surface area contributed by atoms with E-state index in [-0.39, 0.29) is 24.3 Å². The van der Waals surface area contributed by atoms with E-state index < -0.39 is 16.4 Å². The third-order valence-electron chi connectivity index (χ3n) is 5.83. The standard InChI is InChI=1S/C15H20O4/c1-9-7-10(17)11-13(2)5-4-6-14(11,3)15(9,8-16)19-12(13)18/h7,11,16H,4-6,8H2,1-3H3. The fourth-order valence-electron chi connectivity index (χ4n) is 4.77. The lowest BCUT2D eigenvalue weighted by molar-refractivity contribution is -0.243. The van der Waals surface area contributed by atoms with Crippen molar-refractivity contribution in [2.75, 3.05) is 6.61 Å². The molecule has 1 aliphatic heterocycles. The molecular weight excluding hydrogens is 244 g/mol. The molecule has 1 heterocycles. The minimum absolute atomic E-state index is 0.0166. The summed E-state index contributed by atoms with van der Waals surface area (Å²) >= 11 is 0. The van der Waals surface area contributed by atoms with Gasteiger partial charge in [-0.1, -0.05) is 13.3 Å².